The standard InChI is InChI=1S/C39H40N2O5/c1-24-34(39(43)44)36-35(31(27-16-20-41-21-17-27)13-11-25-6-5-18-40-19-15-25)37(42)33-22-29(12-14-32(33)38(36)46-24)45-23-28-9-4-8-26-7-2-3-10-30(26)28/h2-3,7,9-10,12,14,16-17,20-22,25,31,40,42H,4-6,8,11,13,15,18-19,23H2,1H3,(H,43,44). The SMILES string of the molecule is Cc1oc2c(c1C(=O)O)c(C(CCC1CCCNCC1)c1ccncc1)c(O)c1cc(OCC3=CCCc4ccccc43)ccc12. The van der Waals surface area contributed by atoms with Crippen molar-refractivity contribution in [3.05, 3.63) is 107 Å². The number of hydrogen-bond acceptors (Lipinski definition) is 6. The number of nitrogens with one attached hydrogen (secondary N) is 1. The molecule has 5 aromatic rings. The Hall–Kier alpha value is -4.62. The predicted molar refractivity (Wildman–Crippen MR) is 181 cm³/mol. The molecule has 2 unspecified atom stereocenters. The summed E-state index contributed by atoms with van der Waals surface area (Å²) in [5.74, 6) is 0.257. The molecule has 3 N–H and O–H groups in total. The van der Waals surface area contributed by atoms with Gasteiger partial charge in [0.05, 0.1) is 0 Å². The molecular formula is C39H40N2O5. The molecule has 0 saturated carbocycles. The zero-order chi connectivity index (χ0) is 31.6. The zero-order valence-corrected chi connectivity index (χ0v) is 26.2. The molecule has 0 radical (unpaired) electrons. The Kier molecular flexibility index (Phi) is 8.50. The summed E-state index contributed by atoms with van der Waals surface area (Å²) in [4.78, 5) is 16.9. The van der Waals surface area contributed by atoms with Crippen LogP contribution in [-0.2, 0) is 6.42 Å². The number of hydrogen-bond donors (Lipinski definition) is 3. The van der Waals surface area contributed by atoms with Gasteiger partial charge in [-0.05, 0) is 123 Å². The van der Waals surface area contributed by atoms with E-state index >= 15 is 0 Å². The number of nitrogens with zero attached hydrogens (tertiary/aromatic N) is 1. The number of furan rings is 1. The van der Waals surface area contributed by atoms with Crippen molar-refractivity contribution in [3.63, 3.8) is 0 Å². The molecule has 0 spiro atoms. The minimum atomic E-state index is -1.07. The normalized spacial score (nSPS) is 17.3. The highest BCUT2D eigenvalue weighted by Gasteiger charge is 2.31. The van der Waals surface area contributed by atoms with E-state index in [0.29, 0.717) is 51.3 Å². The van der Waals surface area contributed by atoms with Crippen LogP contribution in [0.4, 0.5) is 0 Å². The fraction of sp³-hybridized carbons (Fsp3) is 0.333. The van der Waals surface area contributed by atoms with E-state index in [1.807, 2.05) is 30.3 Å². The number of phenols is 1. The van der Waals surface area contributed by atoms with Crippen molar-refractivity contribution in [2.24, 2.45) is 5.92 Å². The molecule has 236 valence electrons. The molecule has 2 atom stereocenters. The van der Waals surface area contributed by atoms with Gasteiger partial charge in [-0.15, -0.1) is 0 Å². The number of carboxylic acids is 1. The van der Waals surface area contributed by atoms with Gasteiger partial charge in [0.1, 0.15) is 35.0 Å². The van der Waals surface area contributed by atoms with Crippen molar-refractivity contribution >= 4 is 33.3 Å². The monoisotopic (exact) mass is 616 g/mol. The van der Waals surface area contributed by atoms with Gasteiger partial charge in [0, 0.05) is 40.0 Å². The molecule has 1 saturated heterocycles. The first-order chi connectivity index (χ1) is 22.5. The number of aromatic carboxylic acids is 1. The van der Waals surface area contributed by atoms with E-state index in [2.05, 4.69) is 40.6 Å². The average molecular weight is 617 g/mol. The maximum Gasteiger partial charge on any atom is 0.339 e. The first-order valence-corrected chi connectivity index (χ1v) is 16.4. The predicted octanol–water partition coefficient (Wildman–Crippen LogP) is 8.40. The van der Waals surface area contributed by atoms with Crippen LogP contribution in [-0.4, -0.2) is 40.9 Å². The maximum absolute atomic E-state index is 12.7. The Morgan fingerprint density at radius 2 is 1.93 bits per heavy atom. The summed E-state index contributed by atoms with van der Waals surface area (Å²) in [5, 5.41) is 27.8. The van der Waals surface area contributed by atoms with Crippen LogP contribution in [0.25, 0.3) is 27.3 Å². The third-order valence-corrected chi connectivity index (χ3v) is 9.89. The maximum atomic E-state index is 12.7. The highest BCUT2D eigenvalue weighted by Crippen LogP contribution is 2.48. The quantitative estimate of drug-likeness (QED) is 0.153. The zero-order valence-electron chi connectivity index (χ0n) is 26.2. The number of phenolic OH excluding ortho intramolecular Hbond substituents is 1. The summed E-state index contributed by atoms with van der Waals surface area (Å²) in [6.45, 7) is 4.15. The molecule has 1 fully saturated rings. The van der Waals surface area contributed by atoms with Crippen molar-refractivity contribution in [2.45, 2.75) is 57.8 Å². The lowest BCUT2D eigenvalue weighted by atomic mass is 9.80. The van der Waals surface area contributed by atoms with Crippen molar-refractivity contribution in [2.75, 3.05) is 19.7 Å². The number of carbonyl (C=O) groups is 1. The van der Waals surface area contributed by atoms with Gasteiger partial charge in [-0.2, -0.15) is 0 Å². The lowest BCUT2D eigenvalue weighted by Crippen LogP contribution is -2.14. The van der Waals surface area contributed by atoms with E-state index in [-0.39, 0.29) is 17.2 Å². The first kappa shape index (κ1) is 30.1. The second-order valence-corrected chi connectivity index (χ2v) is 12.7. The second-order valence-electron chi connectivity index (χ2n) is 12.7. The van der Waals surface area contributed by atoms with Crippen LogP contribution < -0.4 is 10.1 Å². The molecule has 7 rings (SSSR count). The van der Waals surface area contributed by atoms with E-state index in [4.69, 9.17) is 9.15 Å². The van der Waals surface area contributed by atoms with Gasteiger partial charge in [-0.3, -0.25) is 4.98 Å². The lowest BCUT2D eigenvalue weighted by Gasteiger charge is -2.24. The minimum Gasteiger partial charge on any atom is -0.507 e. The number of carboxylic acid groups (broad SMARTS) is 1. The van der Waals surface area contributed by atoms with Gasteiger partial charge in [0.2, 0.25) is 0 Å². The summed E-state index contributed by atoms with van der Waals surface area (Å²) < 4.78 is 12.6. The van der Waals surface area contributed by atoms with Crippen LogP contribution in [0.5, 0.6) is 11.5 Å². The van der Waals surface area contributed by atoms with Crippen molar-refractivity contribution in [1.82, 2.24) is 10.3 Å². The molecule has 1 aliphatic heterocycles. The Bertz CT molecular complexity index is 1920. The first-order valence-electron chi connectivity index (χ1n) is 16.4. The van der Waals surface area contributed by atoms with Gasteiger partial charge >= 0.3 is 5.97 Å². The van der Waals surface area contributed by atoms with Gasteiger partial charge in [0.25, 0.3) is 0 Å². The topological polar surface area (TPSA) is 105 Å². The van der Waals surface area contributed by atoms with Crippen LogP contribution in [0.15, 0.2) is 77.5 Å². The summed E-state index contributed by atoms with van der Waals surface area (Å²) in [7, 11) is 0. The number of allylic oxidation sites excluding steroid dienone is 1. The number of aromatic nitrogens is 1. The summed E-state index contributed by atoms with van der Waals surface area (Å²) in [5.41, 5.74) is 5.87. The Labute approximate surface area is 268 Å². The van der Waals surface area contributed by atoms with Gasteiger partial charge in [0.15, 0.2) is 0 Å². The number of rotatable bonds is 9. The fourth-order valence-electron chi connectivity index (χ4n) is 7.58. The highest BCUT2D eigenvalue weighted by atomic mass is 16.5. The van der Waals surface area contributed by atoms with E-state index < -0.39 is 5.97 Å². The van der Waals surface area contributed by atoms with Crippen LogP contribution in [0.3, 0.4) is 0 Å². The number of fused-ring (bicyclic) bond motifs is 4. The number of pyridine rings is 1. The second kappa shape index (κ2) is 13.0. The molecule has 0 bridgehead atoms. The van der Waals surface area contributed by atoms with E-state index in [9.17, 15) is 15.0 Å². The third kappa shape index (κ3) is 5.76. The largest absolute Gasteiger partial charge is 0.507 e. The van der Waals surface area contributed by atoms with Crippen LogP contribution in [0, 0.1) is 12.8 Å². The Morgan fingerprint density at radius 3 is 2.78 bits per heavy atom. The van der Waals surface area contributed by atoms with Crippen molar-refractivity contribution in [3.8, 4) is 11.5 Å². The molecule has 2 aromatic heterocycles. The van der Waals surface area contributed by atoms with Gasteiger partial charge < -0.3 is 24.7 Å². The average Bonchev–Trinajstić information content (AvgIpc) is 3.23. The molecular weight excluding hydrogens is 576 g/mol. The number of ether oxygens (including phenoxy) is 1. The molecule has 3 heterocycles. The molecule has 7 nitrogen and oxygen atoms in total. The van der Waals surface area contributed by atoms with Crippen LogP contribution in [0.2, 0.25) is 0 Å². The molecule has 1 aliphatic carbocycles. The van der Waals surface area contributed by atoms with Crippen LogP contribution >= 0.6 is 0 Å². The fourth-order valence-corrected chi connectivity index (χ4v) is 7.58. The molecule has 0 amide bonds. The third-order valence-electron chi connectivity index (χ3n) is 9.89. The van der Waals surface area contributed by atoms with E-state index in [0.717, 1.165) is 69.2 Å². The Balaban J connectivity index is 1.33. The summed E-state index contributed by atoms with van der Waals surface area (Å²) in [6, 6.07) is 18.0. The molecule has 7 heteroatoms. The number of aryl methyl sites for hydroxylation is 2. The van der Waals surface area contributed by atoms with Gasteiger partial charge in [-0.25, -0.2) is 4.79 Å². The lowest BCUT2D eigenvalue weighted by molar-refractivity contribution is 0.0697. The van der Waals surface area contributed by atoms with Crippen molar-refractivity contribution < 1.29 is 24.2 Å². The van der Waals surface area contributed by atoms with E-state index in [1.54, 1.807) is 19.3 Å². The van der Waals surface area contributed by atoms with Gasteiger partial charge in [-0.1, -0.05) is 30.3 Å². The highest BCUT2D eigenvalue weighted by molar-refractivity contribution is 6.16. The summed E-state index contributed by atoms with van der Waals surface area (Å²) >= 11 is 0. The Morgan fingerprint density at radius 1 is 1.09 bits per heavy atom. The van der Waals surface area contributed by atoms with Crippen molar-refractivity contribution in [1.29, 1.82) is 0 Å². The summed E-state index contributed by atoms with van der Waals surface area (Å²) in [6.07, 6.45) is 12.9. The molecule has 46 heavy (non-hydrogen) atoms. The number of benzene rings is 3. The smallest absolute Gasteiger partial charge is 0.339 e. The number of aromatic hydroxyl groups is 1. The van der Waals surface area contributed by atoms with Crippen LogP contribution in [0.1, 0.15) is 82.8 Å². The molecule has 3 aromatic carbocycles. The minimum absolute atomic E-state index is 0.0721. The van der Waals surface area contributed by atoms with E-state index in [1.165, 1.54) is 11.1 Å². The molecule has 2 aliphatic rings.